The number of ether oxygens (including phenoxy) is 1. The molecule has 258 valence electrons. The maximum atomic E-state index is 6.52. The van der Waals surface area contributed by atoms with E-state index >= 15 is 0 Å². The predicted octanol–water partition coefficient (Wildman–Crippen LogP) is 11.8. The van der Waals surface area contributed by atoms with E-state index in [1.165, 1.54) is 16.7 Å². The van der Waals surface area contributed by atoms with Crippen LogP contribution in [0.4, 0.5) is 22.7 Å². The van der Waals surface area contributed by atoms with Crippen molar-refractivity contribution in [2.24, 2.45) is 0 Å². The zero-order valence-corrected chi connectivity index (χ0v) is 31.7. The van der Waals surface area contributed by atoms with E-state index in [1.807, 2.05) is 37.6 Å². The molecule has 6 aromatic carbocycles. The SMILES string of the molecule is CN1C=C[N-]C1n1c2[c-]c(Oc3[c-]c(N4[CH-]N(c5cc(C(C)(C)C)ccc5-c5ccccc5)c5ccccc54)ccc3)ccc2c2ccccc21.[Pt+4]. The van der Waals surface area contributed by atoms with Crippen molar-refractivity contribution in [1.29, 1.82) is 0 Å². The Morgan fingerprint density at radius 3 is 2.19 bits per heavy atom. The van der Waals surface area contributed by atoms with Crippen LogP contribution in [0.2, 0.25) is 0 Å². The third kappa shape index (κ3) is 5.81. The monoisotopic (exact) mass is 858 g/mol. The topological polar surface area (TPSA) is 38.0 Å². The summed E-state index contributed by atoms with van der Waals surface area (Å²) in [7, 11) is 2.04. The van der Waals surface area contributed by atoms with Crippen LogP contribution in [0.5, 0.6) is 11.5 Å². The summed E-state index contributed by atoms with van der Waals surface area (Å²) in [5.41, 5.74) is 9.85. The number of anilines is 4. The molecule has 9 rings (SSSR count). The first kappa shape index (κ1) is 33.7. The second-order valence-electron chi connectivity index (χ2n) is 14.1. The summed E-state index contributed by atoms with van der Waals surface area (Å²) >= 11 is 0. The van der Waals surface area contributed by atoms with Crippen molar-refractivity contribution in [3.05, 3.63) is 169 Å². The van der Waals surface area contributed by atoms with Gasteiger partial charge in [-0.3, -0.25) is 0 Å². The fraction of sp³-hybridized carbons (Fsp3) is 0.133. The zero-order chi connectivity index (χ0) is 34.7. The summed E-state index contributed by atoms with van der Waals surface area (Å²) in [6, 6.07) is 51.7. The maximum absolute atomic E-state index is 6.52. The summed E-state index contributed by atoms with van der Waals surface area (Å²) < 4.78 is 8.74. The van der Waals surface area contributed by atoms with Crippen molar-refractivity contribution >= 4 is 44.6 Å². The van der Waals surface area contributed by atoms with Gasteiger partial charge in [0.05, 0.1) is 0 Å². The van der Waals surface area contributed by atoms with Gasteiger partial charge < -0.3 is 29.3 Å². The van der Waals surface area contributed by atoms with E-state index in [4.69, 9.17) is 10.1 Å². The van der Waals surface area contributed by atoms with Crippen molar-refractivity contribution in [1.82, 2.24) is 9.47 Å². The van der Waals surface area contributed by atoms with Gasteiger partial charge in [0.25, 0.3) is 0 Å². The molecular weight excluding hydrogens is 822 g/mol. The van der Waals surface area contributed by atoms with E-state index in [-0.39, 0.29) is 32.8 Å². The fourth-order valence-corrected chi connectivity index (χ4v) is 7.16. The Balaban J connectivity index is 0.00000387. The summed E-state index contributed by atoms with van der Waals surface area (Å²) in [5.74, 6) is 1.23. The Bertz CT molecular complexity index is 2450. The summed E-state index contributed by atoms with van der Waals surface area (Å²) in [6.45, 7) is 8.95. The molecule has 1 atom stereocenters. The number of hydrogen-bond donors (Lipinski definition) is 0. The molecule has 7 heteroatoms. The number of rotatable bonds is 6. The Hall–Kier alpha value is -5.45. The van der Waals surface area contributed by atoms with Crippen molar-refractivity contribution in [2.75, 3.05) is 16.8 Å². The second kappa shape index (κ2) is 13.3. The van der Waals surface area contributed by atoms with Gasteiger partial charge in [-0.15, -0.1) is 48.1 Å². The molecule has 0 aliphatic carbocycles. The predicted molar refractivity (Wildman–Crippen MR) is 209 cm³/mol. The van der Waals surface area contributed by atoms with E-state index in [0.717, 1.165) is 44.6 Å². The average molecular weight is 859 g/mol. The number of para-hydroxylation sites is 3. The number of aromatic nitrogens is 1. The molecule has 52 heavy (non-hydrogen) atoms. The molecule has 0 saturated heterocycles. The molecule has 0 fully saturated rings. The van der Waals surface area contributed by atoms with Gasteiger partial charge >= 0.3 is 21.1 Å². The number of hydrogen-bond acceptors (Lipinski definition) is 4. The van der Waals surface area contributed by atoms with Crippen LogP contribution in [0.25, 0.3) is 38.2 Å². The Kier molecular flexibility index (Phi) is 8.59. The van der Waals surface area contributed by atoms with Gasteiger partial charge in [0, 0.05) is 53.0 Å². The summed E-state index contributed by atoms with van der Waals surface area (Å²) in [4.78, 5) is 6.59. The van der Waals surface area contributed by atoms with Gasteiger partial charge in [-0.05, 0) is 52.4 Å². The van der Waals surface area contributed by atoms with Crippen LogP contribution in [0, 0.1) is 18.8 Å². The first-order valence-corrected chi connectivity index (χ1v) is 17.3. The fourth-order valence-electron chi connectivity index (χ4n) is 7.16. The van der Waals surface area contributed by atoms with Gasteiger partial charge in [-0.25, -0.2) is 0 Å². The molecule has 6 nitrogen and oxygen atoms in total. The normalized spacial score (nSPS) is 15.2. The number of nitrogens with zero attached hydrogens (tertiary/aromatic N) is 5. The third-order valence-corrected chi connectivity index (χ3v) is 9.78. The number of fused-ring (bicyclic) bond motifs is 4. The minimum absolute atomic E-state index is 0. The van der Waals surface area contributed by atoms with E-state index in [2.05, 4.69) is 168 Å². The van der Waals surface area contributed by atoms with E-state index < -0.39 is 0 Å². The standard InChI is InChI=1S/C45H37N5O.Pt/c1-45(2,3)32-21-23-36(31-13-6-5-7-14-31)42(27-32)49-30-48(40-19-10-11-20-41(40)49)33-15-12-16-34(28-33)51-35-22-24-38-37-17-8-9-18-39(37)50(43(38)29-35)44-46-25-26-47(44)4;/h5-27,30,44H,1-4H3;/q-4;+4. The van der Waals surface area contributed by atoms with E-state index in [1.54, 1.807) is 0 Å². The van der Waals surface area contributed by atoms with E-state index in [0.29, 0.717) is 11.5 Å². The molecule has 0 bridgehead atoms. The largest absolute Gasteiger partial charge is 4.00 e. The first-order valence-electron chi connectivity index (χ1n) is 17.3. The molecule has 3 heterocycles. The maximum Gasteiger partial charge on any atom is 4.00 e. The van der Waals surface area contributed by atoms with Crippen LogP contribution >= 0.6 is 0 Å². The molecule has 1 aromatic heterocycles. The summed E-state index contributed by atoms with van der Waals surface area (Å²) in [6.07, 6.45) is 3.66. The van der Waals surface area contributed by atoms with Gasteiger partial charge in [0.2, 0.25) is 0 Å². The molecule has 0 spiro atoms. The van der Waals surface area contributed by atoms with Gasteiger partial charge in [0.1, 0.15) is 0 Å². The van der Waals surface area contributed by atoms with Crippen LogP contribution in [0.3, 0.4) is 0 Å². The van der Waals surface area contributed by atoms with Crippen LogP contribution < -0.4 is 14.5 Å². The third-order valence-electron chi connectivity index (χ3n) is 9.78. The second-order valence-corrected chi connectivity index (χ2v) is 14.1. The molecule has 7 aromatic rings. The Morgan fingerprint density at radius 1 is 0.692 bits per heavy atom. The van der Waals surface area contributed by atoms with Crippen LogP contribution in [-0.4, -0.2) is 16.5 Å². The quantitative estimate of drug-likeness (QED) is 0.156. The molecule has 1 unspecified atom stereocenters. The summed E-state index contributed by atoms with van der Waals surface area (Å²) in [5, 5.41) is 7.02. The molecule has 2 aliphatic rings. The smallest absolute Gasteiger partial charge is 0.653 e. The van der Waals surface area contributed by atoms with Crippen LogP contribution in [0.1, 0.15) is 32.6 Å². The first-order chi connectivity index (χ1) is 24.8. The van der Waals surface area contributed by atoms with Crippen LogP contribution in [-0.2, 0) is 26.5 Å². The number of benzene rings is 6. The van der Waals surface area contributed by atoms with E-state index in [9.17, 15) is 0 Å². The molecule has 2 aliphatic heterocycles. The minimum atomic E-state index is -0.186. The van der Waals surface area contributed by atoms with Crippen molar-refractivity contribution in [3.63, 3.8) is 0 Å². The Morgan fingerprint density at radius 2 is 1.42 bits per heavy atom. The molecule has 0 saturated carbocycles. The average Bonchev–Trinajstić information content (AvgIpc) is 3.84. The minimum Gasteiger partial charge on any atom is -0.653 e. The molecule has 0 amide bonds. The molecule has 0 N–H and O–H groups in total. The molecular formula is C45H37N5OPt. The Labute approximate surface area is 319 Å². The van der Waals surface area contributed by atoms with Gasteiger partial charge in [0.15, 0.2) is 0 Å². The van der Waals surface area contributed by atoms with Crippen LogP contribution in [0.15, 0.2) is 140 Å². The zero-order valence-electron chi connectivity index (χ0n) is 29.4. The van der Waals surface area contributed by atoms with Gasteiger partial charge in [-0.1, -0.05) is 99.1 Å². The van der Waals surface area contributed by atoms with Gasteiger partial charge in [-0.2, -0.15) is 18.3 Å². The van der Waals surface area contributed by atoms with Crippen molar-refractivity contribution in [3.8, 4) is 22.6 Å². The molecule has 0 radical (unpaired) electrons. The van der Waals surface area contributed by atoms with Crippen molar-refractivity contribution < 1.29 is 25.8 Å². The van der Waals surface area contributed by atoms with Crippen molar-refractivity contribution in [2.45, 2.75) is 32.5 Å².